The smallest absolute Gasteiger partial charge is 0.303 e. The van der Waals surface area contributed by atoms with Gasteiger partial charge in [0.05, 0.1) is 6.61 Å². The number of ether oxygens (including phenoxy) is 5. The van der Waals surface area contributed by atoms with E-state index in [2.05, 4.69) is 42.3 Å². The van der Waals surface area contributed by atoms with Crippen LogP contribution in [-0.2, 0) is 22.4 Å². The van der Waals surface area contributed by atoms with Crippen molar-refractivity contribution in [1.29, 1.82) is 0 Å². The zero-order chi connectivity index (χ0) is 34.9. The molecule has 6 rings (SSSR count). The molecular formula is C40H43NO9. The number of fused-ring (bicyclic) bond motifs is 2. The van der Waals surface area contributed by atoms with Gasteiger partial charge in [0.25, 0.3) is 0 Å². The second-order valence-electron chi connectivity index (χ2n) is 12.6. The number of unbranched alkanes of at least 4 members (excludes halogenated alkanes) is 3. The number of nitrogens with zero attached hydrogens (tertiary/aromatic N) is 1. The summed E-state index contributed by atoms with van der Waals surface area (Å²) in [6.07, 6.45) is 5.73. The Kier molecular flexibility index (Phi) is 11.3. The molecule has 2 aliphatic rings. The fourth-order valence-electron chi connectivity index (χ4n) is 6.37. The third-order valence-electron chi connectivity index (χ3n) is 9.07. The number of carbonyl (C=O) groups is 2. The van der Waals surface area contributed by atoms with Crippen LogP contribution in [-0.4, -0.2) is 55.9 Å². The van der Waals surface area contributed by atoms with E-state index in [1.165, 1.54) is 0 Å². The highest BCUT2D eigenvalue weighted by Crippen LogP contribution is 2.41. The highest BCUT2D eigenvalue weighted by Gasteiger charge is 2.18. The van der Waals surface area contributed by atoms with Crippen LogP contribution in [0.5, 0.6) is 28.7 Å². The van der Waals surface area contributed by atoms with Crippen molar-refractivity contribution in [1.82, 2.24) is 0 Å². The minimum atomic E-state index is -0.861. The van der Waals surface area contributed by atoms with Crippen molar-refractivity contribution in [2.45, 2.75) is 57.8 Å². The van der Waals surface area contributed by atoms with Gasteiger partial charge in [-0.15, -0.1) is 0 Å². The Morgan fingerprint density at radius 1 is 0.660 bits per heavy atom. The van der Waals surface area contributed by atoms with Gasteiger partial charge in [-0.25, -0.2) is 0 Å². The van der Waals surface area contributed by atoms with Gasteiger partial charge < -0.3 is 38.8 Å². The Balaban J connectivity index is 1.08. The zero-order valence-corrected chi connectivity index (χ0v) is 28.3. The van der Waals surface area contributed by atoms with E-state index in [4.69, 9.17) is 28.8 Å². The predicted molar refractivity (Wildman–Crippen MR) is 190 cm³/mol. The topological polar surface area (TPSA) is 124 Å². The summed E-state index contributed by atoms with van der Waals surface area (Å²) < 4.78 is 28.3. The number of rotatable bonds is 18. The molecule has 0 unspecified atom stereocenters. The second-order valence-corrected chi connectivity index (χ2v) is 12.6. The molecule has 4 aromatic rings. The van der Waals surface area contributed by atoms with Gasteiger partial charge in [0.15, 0.2) is 23.0 Å². The summed E-state index contributed by atoms with van der Waals surface area (Å²) in [4.78, 5) is 24.5. The van der Waals surface area contributed by atoms with E-state index >= 15 is 0 Å². The summed E-state index contributed by atoms with van der Waals surface area (Å²) in [6, 6.07) is 24.5. The van der Waals surface area contributed by atoms with E-state index in [0.717, 1.165) is 101 Å². The predicted octanol–water partition coefficient (Wildman–Crippen LogP) is 7.98. The summed E-state index contributed by atoms with van der Waals surface area (Å²) in [7, 11) is 2.12. The van der Waals surface area contributed by atoms with Crippen LogP contribution in [0.3, 0.4) is 0 Å². The molecule has 262 valence electrons. The molecule has 0 aromatic heterocycles. The Hall–Kier alpha value is -5.38. The number of hydrogen-bond acceptors (Lipinski definition) is 8. The molecule has 50 heavy (non-hydrogen) atoms. The van der Waals surface area contributed by atoms with Gasteiger partial charge >= 0.3 is 11.9 Å². The van der Waals surface area contributed by atoms with E-state index in [1.54, 1.807) is 0 Å². The summed E-state index contributed by atoms with van der Waals surface area (Å²) in [6.45, 7) is 1.62. The quantitative estimate of drug-likeness (QED) is 0.0999. The molecule has 2 aliphatic heterocycles. The molecule has 4 aromatic carbocycles. The van der Waals surface area contributed by atoms with Crippen molar-refractivity contribution in [3.63, 3.8) is 0 Å². The lowest BCUT2D eigenvalue weighted by Crippen LogP contribution is -2.18. The van der Waals surface area contributed by atoms with E-state index in [0.29, 0.717) is 18.6 Å². The Morgan fingerprint density at radius 3 is 1.92 bits per heavy atom. The first-order valence-electron chi connectivity index (χ1n) is 17.2. The number of benzene rings is 4. The van der Waals surface area contributed by atoms with Gasteiger partial charge in [-0.2, -0.15) is 0 Å². The van der Waals surface area contributed by atoms with Crippen LogP contribution in [0.25, 0.3) is 22.3 Å². The van der Waals surface area contributed by atoms with Gasteiger partial charge in [-0.1, -0.05) is 37.1 Å². The lowest BCUT2D eigenvalue weighted by molar-refractivity contribution is -0.138. The van der Waals surface area contributed by atoms with Crippen molar-refractivity contribution in [3.8, 4) is 51.0 Å². The first-order valence-corrected chi connectivity index (χ1v) is 17.2. The number of carboxylic acid groups (broad SMARTS) is 2. The van der Waals surface area contributed by atoms with E-state index < -0.39 is 11.9 Å². The number of aliphatic carboxylic acids is 2. The van der Waals surface area contributed by atoms with Crippen LogP contribution in [0, 0.1) is 0 Å². The summed E-state index contributed by atoms with van der Waals surface area (Å²) in [5, 5.41) is 18.2. The molecule has 0 bridgehead atoms. The average Bonchev–Trinajstić information content (AvgIpc) is 3.79. The molecule has 0 fully saturated rings. The van der Waals surface area contributed by atoms with Gasteiger partial charge in [-0.05, 0) is 114 Å². The third-order valence-corrected chi connectivity index (χ3v) is 9.07. The van der Waals surface area contributed by atoms with Crippen LogP contribution >= 0.6 is 0 Å². The van der Waals surface area contributed by atoms with Gasteiger partial charge in [0, 0.05) is 32.1 Å². The largest absolute Gasteiger partial charge is 0.493 e. The standard InChI is InChI=1S/C40H43NO9/c1-41(18-5-3-2-4-8-27-9-6-10-34(33(27)14-17-40(44)45)46-19-7-11-39(42)43)32-21-30(28-12-15-35-37(23-28)49-25-47-35)20-31(22-32)29-13-16-36-38(24-29)50-26-48-36/h6,9-10,12-13,15-16,20-24H,2-5,7-8,11,14,17-19,25-26H2,1H3,(H,42,43)(H,44,45). The molecule has 0 radical (unpaired) electrons. The minimum Gasteiger partial charge on any atom is -0.493 e. The lowest BCUT2D eigenvalue weighted by atomic mass is 9.96. The average molecular weight is 682 g/mol. The fraction of sp³-hybridized carbons (Fsp3) is 0.350. The van der Waals surface area contributed by atoms with Crippen molar-refractivity contribution in [2.75, 3.05) is 38.7 Å². The molecule has 2 N–H and O–H groups in total. The van der Waals surface area contributed by atoms with Crippen LogP contribution in [0.4, 0.5) is 5.69 Å². The summed E-state index contributed by atoms with van der Waals surface area (Å²) in [5.74, 6) is 1.93. The monoisotopic (exact) mass is 681 g/mol. The maximum absolute atomic E-state index is 11.4. The highest BCUT2D eigenvalue weighted by atomic mass is 16.7. The number of aryl methyl sites for hydroxylation is 1. The fourth-order valence-corrected chi connectivity index (χ4v) is 6.37. The molecule has 0 saturated carbocycles. The van der Waals surface area contributed by atoms with Crippen molar-refractivity contribution < 1.29 is 43.5 Å². The Morgan fingerprint density at radius 2 is 1.28 bits per heavy atom. The van der Waals surface area contributed by atoms with Gasteiger partial charge in [0.2, 0.25) is 13.6 Å². The molecule has 0 spiro atoms. The molecule has 10 nitrogen and oxygen atoms in total. The molecule has 10 heteroatoms. The molecule has 0 aliphatic carbocycles. The minimum absolute atomic E-state index is 0.0150. The van der Waals surface area contributed by atoms with E-state index in [1.807, 2.05) is 42.5 Å². The van der Waals surface area contributed by atoms with Gasteiger partial charge in [-0.3, -0.25) is 9.59 Å². The molecule has 0 amide bonds. The number of hydrogen-bond donors (Lipinski definition) is 2. The van der Waals surface area contributed by atoms with Crippen molar-refractivity contribution in [3.05, 3.63) is 83.9 Å². The first kappa shape index (κ1) is 34.5. The lowest BCUT2D eigenvalue weighted by Gasteiger charge is -2.22. The maximum Gasteiger partial charge on any atom is 0.303 e. The van der Waals surface area contributed by atoms with Crippen LogP contribution < -0.4 is 28.6 Å². The van der Waals surface area contributed by atoms with E-state index in [9.17, 15) is 14.7 Å². The van der Waals surface area contributed by atoms with Crippen LogP contribution in [0.2, 0.25) is 0 Å². The van der Waals surface area contributed by atoms with Crippen LogP contribution in [0.1, 0.15) is 56.1 Å². The SMILES string of the molecule is CN(CCCCCCc1cccc(OCCCC(=O)O)c1CCC(=O)O)c1cc(-c2ccc3c(c2)OCO3)cc(-c2ccc3c(c2)OCO3)c1. The zero-order valence-electron chi connectivity index (χ0n) is 28.3. The third kappa shape index (κ3) is 8.80. The number of carboxylic acids is 2. The normalized spacial score (nSPS) is 12.6. The molecule has 0 saturated heterocycles. The maximum atomic E-state index is 11.4. The van der Waals surface area contributed by atoms with Gasteiger partial charge in [0.1, 0.15) is 5.75 Å². The highest BCUT2D eigenvalue weighted by molar-refractivity contribution is 5.80. The first-order chi connectivity index (χ1) is 24.3. The van der Waals surface area contributed by atoms with Crippen molar-refractivity contribution >= 4 is 17.6 Å². The Bertz CT molecular complexity index is 1750. The van der Waals surface area contributed by atoms with Crippen molar-refractivity contribution in [2.24, 2.45) is 0 Å². The summed E-state index contributed by atoms with van der Waals surface area (Å²) >= 11 is 0. The number of anilines is 1. The molecular weight excluding hydrogens is 638 g/mol. The second kappa shape index (κ2) is 16.3. The van der Waals surface area contributed by atoms with E-state index in [-0.39, 0.29) is 33.0 Å². The summed E-state index contributed by atoms with van der Waals surface area (Å²) in [5.41, 5.74) is 7.35. The molecule has 0 atom stereocenters. The molecule has 2 heterocycles. The van der Waals surface area contributed by atoms with Crippen LogP contribution in [0.15, 0.2) is 72.8 Å². The Labute approximate surface area is 292 Å².